The van der Waals surface area contributed by atoms with Crippen molar-refractivity contribution in [1.82, 2.24) is 10.3 Å². The molecule has 2 heterocycles. The van der Waals surface area contributed by atoms with Crippen LogP contribution in [0.1, 0.15) is 33.6 Å². The van der Waals surface area contributed by atoms with E-state index in [2.05, 4.69) is 15.2 Å². The van der Waals surface area contributed by atoms with Gasteiger partial charge in [0.25, 0.3) is 0 Å². The van der Waals surface area contributed by atoms with Crippen molar-refractivity contribution in [3.05, 3.63) is 23.4 Å². The van der Waals surface area contributed by atoms with Gasteiger partial charge in [-0.1, -0.05) is 17.7 Å². The van der Waals surface area contributed by atoms with E-state index in [9.17, 15) is 4.79 Å². The highest BCUT2D eigenvalue weighted by Gasteiger charge is 2.22. The van der Waals surface area contributed by atoms with Gasteiger partial charge in [0, 0.05) is 19.6 Å². The zero-order valence-electron chi connectivity index (χ0n) is 13.4. The highest BCUT2D eigenvalue weighted by molar-refractivity contribution is 6.29. The summed E-state index contributed by atoms with van der Waals surface area (Å²) in [6.07, 6.45) is 1.69. The van der Waals surface area contributed by atoms with E-state index in [0.29, 0.717) is 17.6 Å². The third-order valence-electron chi connectivity index (χ3n) is 3.57. The molecule has 1 aromatic heterocycles. The molecule has 1 fully saturated rings. The van der Waals surface area contributed by atoms with Crippen molar-refractivity contribution in [2.45, 2.75) is 39.2 Å². The fraction of sp³-hybridized carbons (Fsp3) is 0.625. The summed E-state index contributed by atoms with van der Waals surface area (Å²) in [4.78, 5) is 18.2. The van der Waals surface area contributed by atoms with E-state index in [-0.39, 0.29) is 6.09 Å². The van der Waals surface area contributed by atoms with E-state index in [1.54, 1.807) is 6.07 Å². The van der Waals surface area contributed by atoms with Crippen LogP contribution in [0.5, 0.6) is 0 Å². The summed E-state index contributed by atoms with van der Waals surface area (Å²) in [7, 11) is 0. The van der Waals surface area contributed by atoms with Crippen LogP contribution in [0.3, 0.4) is 0 Å². The van der Waals surface area contributed by atoms with E-state index in [1.165, 1.54) is 0 Å². The number of piperidine rings is 1. The molecule has 1 saturated heterocycles. The topological polar surface area (TPSA) is 54.5 Å². The summed E-state index contributed by atoms with van der Waals surface area (Å²) < 4.78 is 5.25. The molecular formula is C16H24ClN3O2. The Morgan fingerprint density at radius 3 is 2.68 bits per heavy atom. The number of nitrogens with zero attached hydrogens (tertiary/aromatic N) is 2. The van der Waals surface area contributed by atoms with Crippen LogP contribution < -0.4 is 10.2 Å². The van der Waals surface area contributed by atoms with Gasteiger partial charge in [-0.2, -0.15) is 0 Å². The van der Waals surface area contributed by atoms with Gasteiger partial charge >= 0.3 is 6.09 Å². The van der Waals surface area contributed by atoms with Crippen molar-refractivity contribution in [2.24, 2.45) is 5.92 Å². The number of hydrogen-bond donors (Lipinski definition) is 1. The predicted octanol–water partition coefficient (Wildman–Crippen LogP) is 3.48. The van der Waals surface area contributed by atoms with E-state index < -0.39 is 5.60 Å². The molecule has 0 bridgehead atoms. The monoisotopic (exact) mass is 325 g/mol. The molecular weight excluding hydrogens is 302 g/mol. The molecule has 0 aromatic carbocycles. The Hall–Kier alpha value is -1.49. The Morgan fingerprint density at radius 2 is 2.09 bits per heavy atom. The lowest BCUT2D eigenvalue weighted by atomic mass is 9.97. The zero-order valence-corrected chi connectivity index (χ0v) is 14.2. The molecule has 6 heteroatoms. The summed E-state index contributed by atoms with van der Waals surface area (Å²) in [5, 5.41) is 3.38. The fourth-order valence-electron chi connectivity index (χ4n) is 2.48. The first kappa shape index (κ1) is 16.9. The number of halogens is 1. The lowest BCUT2D eigenvalue weighted by Crippen LogP contribution is -2.40. The molecule has 0 atom stereocenters. The van der Waals surface area contributed by atoms with Crippen molar-refractivity contribution in [3.8, 4) is 0 Å². The molecule has 0 unspecified atom stereocenters. The smallest absolute Gasteiger partial charge is 0.407 e. The molecule has 0 radical (unpaired) electrons. The van der Waals surface area contributed by atoms with Crippen molar-refractivity contribution in [1.29, 1.82) is 0 Å². The standard InChI is InChI=1S/C16H24ClN3O2/c1-16(2,3)22-15(21)18-11-12-7-9-20(10-8-12)14-6-4-5-13(17)19-14/h4-6,12H,7-11H2,1-3H3,(H,18,21). The average molecular weight is 326 g/mol. The summed E-state index contributed by atoms with van der Waals surface area (Å²) in [5.41, 5.74) is -0.453. The van der Waals surface area contributed by atoms with Gasteiger partial charge in [-0.05, 0) is 51.7 Å². The number of ether oxygens (including phenoxy) is 1. The minimum Gasteiger partial charge on any atom is -0.444 e. The first-order valence-corrected chi connectivity index (χ1v) is 8.05. The molecule has 122 valence electrons. The van der Waals surface area contributed by atoms with E-state index in [1.807, 2.05) is 32.9 Å². The van der Waals surface area contributed by atoms with Crippen molar-refractivity contribution in [3.63, 3.8) is 0 Å². The Balaban J connectivity index is 1.74. The number of pyridine rings is 1. The Kier molecular flexibility index (Phi) is 5.51. The zero-order chi connectivity index (χ0) is 16.2. The molecule has 0 saturated carbocycles. The molecule has 0 spiro atoms. The largest absolute Gasteiger partial charge is 0.444 e. The van der Waals surface area contributed by atoms with Crippen LogP contribution in [-0.2, 0) is 4.74 Å². The number of rotatable bonds is 3. The van der Waals surface area contributed by atoms with Gasteiger partial charge in [-0.3, -0.25) is 0 Å². The van der Waals surface area contributed by atoms with Gasteiger partial charge in [0.2, 0.25) is 0 Å². The van der Waals surface area contributed by atoms with E-state index in [0.717, 1.165) is 31.7 Å². The lowest BCUT2D eigenvalue weighted by Gasteiger charge is -2.33. The quantitative estimate of drug-likeness (QED) is 0.864. The number of aromatic nitrogens is 1. The molecule has 2 rings (SSSR count). The molecule has 22 heavy (non-hydrogen) atoms. The van der Waals surface area contributed by atoms with Crippen LogP contribution in [0.4, 0.5) is 10.6 Å². The Labute approximate surface area is 137 Å². The molecule has 1 aliphatic heterocycles. The number of carbonyl (C=O) groups excluding carboxylic acids is 1. The molecule has 5 nitrogen and oxygen atoms in total. The maximum Gasteiger partial charge on any atom is 0.407 e. The van der Waals surface area contributed by atoms with Gasteiger partial charge in [0.05, 0.1) is 0 Å². The van der Waals surface area contributed by atoms with Crippen molar-refractivity contribution in [2.75, 3.05) is 24.5 Å². The molecule has 1 aromatic rings. The van der Waals surface area contributed by atoms with Gasteiger partial charge in [-0.15, -0.1) is 0 Å². The number of alkyl carbamates (subject to hydrolysis) is 1. The molecule has 1 amide bonds. The first-order valence-electron chi connectivity index (χ1n) is 7.68. The van der Waals surface area contributed by atoms with Gasteiger partial charge in [-0.25, -0.2) is 9.78 Å². The maximum atomic E-state index is 11.7. The van der Waals surface area contributed by atoms with Crippen molar-refractivity contribution >= 4 is 23.5 Å². The van der Waals surface area contributed by atoms with Crippen LogP contribution in [0.25, 0.3) is 0 Å². The summed E-state index contributed by atoms with van der Waals surface area (Å²) in [5.74, 6) is 1.40. The minimum absolute atomic E-state index is 0.341. The van der Waals surface area contributed by atoms with Crippen molar-refractivity contribution < 1.29 is 9.53 Å². The number of hydrogen-bond acceptors (Lipinski definition) is 4. The third-order valence-corrected chi connectivity index (χ3v) is 3.78. The lowest BCUT2D eigenvalue weighted by molar-refractivity contribution is 0.0517. The Bertz CT molecular complexity index is 508. The second-order valence-corrected chi connectivity index (χ2v) is 7.02. The minimum atomic E-state index is -0.453. The third kappa shape index (κ3) is 5.37. The van der Waals surface area contributed by atoms with Crippen LogP contribution in [0.15, 0.2) is 18.2 Å². The number of amides is 1. The Morgan fingerprint density at radius 1 is 1.41 bits per heavy atom. The predicted molar refractivity (Wildman–Crippen MR) is 88.4 cm³/mol. The van der Waals surface area contributed by atoms with Crippen LogP contribution in [-0.4, -0.2) is 36.3 Å². The highest BCUT2D eigenvalue weighted by Crippen LogP contribution is 2.22. The normalized spacial score (nSPS) is 16.5. The van der Waals surface area contributed by atoms with Crippen LogP contribution in [0.2, 0.25) is 5.15 Å². The summed E-state index contributed by atoms with van der Waals surface area (Å²) in [6.45, 7) is 8.10. The van der Waals surface area contributed by atoms with Gasteiger partial charge < -0.3 is 15.0 Å². The van der Waals surface area contributed by atoms with Crippen LogP contribution >= 0.6 is 11.6 Å². The van der Waals surface area contributed by atoms with Gasteiger partial charge in [0.1, 0.15) is 16.6 Å². The number of nitrogens with one attached hydrogen (secondary N) is 1. The molecule has 1 aliphatic rings. The summed E-state index contributed by atoms with van der Waals surface area (Å²) in [6, 6.07) is 5.68. The average Bonchev–Trinajstić information content (AvgIpc) is 2.44. The fourth-order valence-corrected chi connectivity index (χ4v) is 2.64. The number of carbonyl (C=O) groups is 1. The maximum absolute atomic E-state index is 11.7. The second kappa shape index (κ2) is 7.18. The number of anilines is 1. The van der Waals surface area contributed by atoms with Gasteiger partial charge in [0.15, 0.2) is 0 Å². The van der Waals surface area contributed by atoms with E-state index >= 15 is 0 Å². The first-order chi connectivity index (χ1) is 10.3. The highest BCUT2D eigenvalue weighted by atomic mass is 35.5. The SMILES string of the molecule is CC(C)(C)OC(=O)NCC1CCN(c2cccc(Cl)n2)CC1. The second-order valence-electron chi connectivity index (χ2n) is 6.63. The van der Waals surface area contributed by atoms with E-state index in [4.69, 9.17) is 16.3 Å². The molecule has 1 N–H and O–H groups in total. The summed E-state index contributed by atoms with van der Waals surface area (Å²) >= 11 is 5.93. The van der Waals surface area contributed by atoms with Crippen LogP contribution in [0, 0.1) is 5.92 Å². The molecule has 0 aliphatic carbocycles.